The lowest BCUT2D eigenvalue weighted by molar-refractivity contribution is -0.122. The van der Waals surface area contributed by atoms with Crippen LogP contribution in [-0.4, -0.2) is 35.2 Å². The van der Waals surface area contributed by atoms with Crippen LogP contribution in [0.1, 0.15) is 42.6 Å². The summed E-state index contributed by atoms with van der Waals surface area (Å²) in [5.41, 5.74) is 8.34. The largest absolute Gasteiger partial charge is 0.368 e. The Hall–Kier alpha value is -3.19. The van der Waals surface area contributed by atoms with Crippen molar-refractivity contribution < 1.29 is 14.4 Å². The monoisotopic (exact) mass is 408 g/mol. The van der Waals surface area contributed by atoms with Gasteiger partial charge in [0.15, 0.2) is 0 Å². The van der Waals surface area contributed by atoms with Crippen LogP contribution in [0.3, 0.4) is 0 Å². The zero-order valence-corrected chi connectivity index (χ0v) is 17.4. The first-order valence-electron chi connectivity index (χ1n) is 10.2. The van der Waals surface area contributed by atoms with Crippen LogP contribution in [0.15, 0.2) is 48.5 Å². The van der Waals surface area contributed by atoms with Crippen molar-refractivity contribution in [1.29, 1.82) is 0 Å². The number of nitrogens with two attached hydrogens (primary N) is 1. The fourth-order valence-corrected chi connectivity index (χ4v) is 3.51. The number of carbonyl (C=O) groups is 3. The normalized spacial score (nSPS) is 16.4. The van der Waals surface area contributed by atoms with Crippen molar-refractivity contribution in [2.24, 2.45) is 11.7 Å². The standard InChI is InChI=1S/C23H28N4O3/c1-15(2)22(29)25-18-10-8-17(9-11-18)23(30)26-19-6-3-5-16(13-19)14-27-12-4-7-20(27)21(24)28/h3,5-6,8-11,13,15,20H,4,7,12,14H2,1-2H3,(H2,24,28)(H,25,29)(H,26,30). The average molecular weight is 409 g/mol. The lowest BCUT2D eigenvalue weighted by Crippen LogP contribution is -2.39. The molecule has 0 aliphatic carbocycles. The zero-order valence-electron chi connectivity index (χ0n) is 17.4. The van der Waals surface area contributed by atoms with Crippen LogP contribution >= 0.6 is 0 Å². The molecule has 1 atom stereocenters. The van der Waals surface area contributed by atoms with Crippen molar-refractivity contribution in [2.45, 2.75) is 39.3 Å². The fraction of sp³-hybridized carbons (Fsp3) is 0.348. The van der Waals surface area contributed by atoms with Crippen molar-refractivity contribution in [3.05, 3.63) is 59.7 Å². The van der Waals surface area contributed by atoms with Gasteiger partial charge in [0.1, 0.15) is 0 Å². The maximum Gasteiger partial charge on any atom is 0.255 e. The maximum atomic E-state index is 12.6. The van der Waals surface area contributed by atoms with Crippen LogP contribution in [0.4, 0.5) is 11.4 Å². The second-order valence-electron chi connectivity index (χ2n) is 7.91. The molecule has 1 fully saturated rings. The van der Waals surface area contributed by atoms with Crippen molar-refractivity contribution >= 4 is 29.1 Å². The van der Waals surface area contributed by atoms with Crippen LogP contribution in [0, 0.1) is 5.92 Å². The van der Waals surface area contributed by atoms with E-state index in [2.05, 4.69) is 15.5 Å². The summed E-state index contributed by atoms with van der Waals surface area (Å²) in [6.45, 7) is 5.09. The molecule has 7 heteroatoms. The third kappa shape index (κ3) is 5.45. The van der Waals surface area contributed by atoms with E-state index in [-0.39, 0.29) is 29.7 Å². The van der Waals surface area contributed by atoms with E-state index in [0.717, 1.165) is 24.9 Å². The van der Waals surface area contributed by atoms with Crippen molar-refractivity contribution in [3.8, 4) is 0 Å². The molecule has 0 spiro atoms. The molecule has 0 bridgehead atoms. The Morgan fingerprint density at radius 2 is 1.80 bits per heavy atom. The Kier molecular flexibility index (Phi) is 6.84. The molecule has 3 rings (SSSR count). The third-order valence-electron chi connectivity index (χ3n) is 5.20. The highest BCUT2D eigenvalue weighted by Crippen LogP contribution is 2.21. The van der Waals surface area contributed by atoms with Gasteiger partial charge >= 0.3 is 0 Å². The summed E-state index contributed by atoms with van der Waals surface area (Å²) in [4.78, 5) is 38.0. The molecule has 2 aromatic carbocycles. The number of likely N-dealkylation sites (tertiary alicyclic amines) is 1. The summed E-state index contributed by atoms with van der Waals surface area (Å²) < 4.78 is 0. The number of amides is 3. The molecular weight excluding hydrogens is 380 g/mol. The van der Waals surface area contributed by atoms with Crippen molar-refractivity contribution in [1.82, 2.24) is 4.90 Å². The Labute approximate surface area is 176 Å². The van der Waals surface area contributed by atoms with Crippen LogP contribution < -0.4 is 16.4 Å². The SMILES string of the molecule is CC(C)C(=O)Nc1ccc(C(=O)Nc2cccc(CN3CCCC3C(N)=O)c2)cc1. The first-order chi connectivity index (χ1) is 14.3. The number of hydrogen-bond donors (Lipinski definition) is 3. The molecule has 0 radical (unpaired) electrons. The highest BCUT2D eigenvalue weighted by molar-refractivity contribution is 6.04. The lowest BCUT2D eigenvalue weighted by Gasteiger charge is -2.22. The van der Waals surface area contributed by atoms with Crippen molar-refractivity contribution in [2.75, 3.05) is 17.2 Å². The minimum Gasteiger partial charge on any atom is -0.368 e. The predicted molar refractivity (Wildman–Crippen MR) is 117 cm³/mol. The second-order valence-corrected chi connectivity index (χ2v) is 7.91. The van der Waals surface area contributed by atoms with E-state index in [9.17, 15) is 14.4 Å². The molecule has 0 saturated carbocycles. The average Bonchev–Trinajstić information content (AvgIpc) is 3.17. The summed E-state index contributed by atoms with van der Waals surface area (Å²) in [6.07, 6.45) is 1.75. The molecule has 1 unspecified atom stereocenters. The van der Waals surface area contributed by atoms with Crippen LogP contribution in [0.5, 0.6) is 0 Å². The van der Waals surface area contributed by atoms with E-state index in [4.69, 9.17) is 5.73 Å². The Morgan fingerprint density at radius 1 is 1.07 bits per heavy atom. The van der Waals surface area contributed by atoms with Gasteiger partial charge in [-0.1, -0.05) is 26.0 Å². The van der Waals surface area contributed by atoms with E-state index in [1.807, 2.05) is 38.1 Å². The molecule has 7 nitrogen and oxygen atoms in total. The highest BCUT2D eigenvalue weighted by Gasteiger charge is 2.28. The van der Waals surface area contributed by atoms with Gasteiger partial charge in [-0.25, -0.2) is 0 Å². The van der Waals surface area contributed by atoms with E-state index < -0.39 is 0 Å². The number of nitrogens with zero attached hydrogens (tertiary/aromatic N) is 1. The van der Waals surface area contributed by atoms with E-state index in [1.165, 1.54) is 0 Å². The van der Waals surface area contributed by atoms with E-state index >= 15 is 0 Å². The van der Waals surface area contributed by atoms with Crippen LogP contribution in [0.25, 0.3) is 0 Å². The molecule has 1 aliphatic rings. The van der Waals surface area contributed by atoms with Gasteiger partial charge in [0.25, 0.3) is 5.91 Å². The van der Waals surface area contributed by atoms with Gasteiger partial charge in [0, 0.05) is 29.4 Å². The topological polar surface area (TPSA) is 105 Å². The second kappa shape index (κ2) is 9.54. The number of anilines is 2. The maximum absolute atomic E-state index is 12.6. The number of carbonyl (C=O) groups excluding carboxylic acids is 3. The van der Waals surface area contributed by atoms with Crippen LogP contribution in [0.2, 0.25) is 0 Å². The van der Waals surface area contributed by atoms with E-state index in [1.54, 1.807) is 24.3 Å². The fourth-order valence-electron chi connectivity index (χ4n) is 3.51. The quantitative estimate of drug-likeness (QED) is 0.655. The summed E-state index contributed by atoms with van der Waals surface area (Å²) in [7, 11) is 0. The molecule has 1 saturated heterocycles. The molecule has 3 amide bonds. The Balaban J connectivity index is 1.62. The molecule has 158 valence electrons. The number of primary amides is 1. The first-order valence-corrected chi connectivity index (χ1v) is 10.2. The predicted octanol–water partition coefficient (Wildman–Crippen LogP) is 2.98. The minimum absolute atomic E-state index is 0.0689. The van der Waals surface area contributed by atoms with Crippen molar-refractivity contribution in [3.63, 3.8) is 0 Å². The van der Waals surface area contributed by atoms with E-state index in [0.29, 0.717) is 23.5 Å². The summed E-state index contributed by atoms with van der Waals surface area (Å²) >= 11 is 0. The highest BCUT2D eigenvalue weighted by atomic mass is 16.2. The zero-order chi connectivity index (χ0) is 21.7. The number of nitrogens with one attached hydrogen (secondary N) is 2. The molecule has 4 N–H and O–H groups in total. The number of hydrogen-bond acceptors (Lipinski definition) is 4. The summed E-state index contributed by atoms with van der Waals surface area (Å²) in [6, 6.07) is 14.1. The van der Waals surface area contributed by atoms with Gasteiger partial charge in [-0.2, -0.15) is 0 Å². The first kappa shape index (κ1) is 21.5. The van der Waals surface area contributed by atoms with Gasteiger partial charge < -0.3 is 16.4 Å². The molecule has 1 aliphatic heterocycles. The Morgan fingerprint density at radius 3 is 2.47 bits per heavy atom. The summed E-state index contributed by atoms with van der Waals surface area (Å²) in [5, 5.41) is 5.70. The molecule has 2 aromatic rings. The third-order valence-corrected chi connectivity index (χ3v) is 5.20. The minimum atomic E-state index is -0.287. The molecule has 1 heterocycles. The summed E-state index contributed by atoms with van der Waals surface area (Å²) in [5.74, 6) is -0.699. The number of benzene rings is 2. The molecule has 30 heavy (non-hydrogen) atoms. The Bertz CT molecular complexity index is 924. The number of rotatable bonds is 7. The van der Waals surface area contributed by atoms with Gasteiger partial charge in [-0.15, -0.1) is 0 Å². The van der Waals surface area contributed by atoms with Crippen LogP contribution in [-0.2, 0) is 16.1 Å². The van der Waals surface area contributed by atoms with Gasteiger partial charge in [0.05, 0.1) is 6.04 Å². The lowest BCUT2D eigenvalue weighted by atomic mass is 10.1. The molecule has 0 aromatic heterocycles. The smallest absolute Gasteiger partial charge is 0.255 e. The van der Waals surface area contributed by atoms with Gasteiger partial charge in [-0.3, -0.25) is 19.3 Å². The van der Waals surface area contributed by atoms with Gasteiger partial charge in [0.2, 0.25) is 11.8 Å². The molecular formula is C23H28N4O3. The van der Waals surface area contributed by atoms with Gasteiger partial charge in [-0.05, 0) is 61.3 Å².